The number of hydrogen-bond donors (Lipinski definition) is 0. The van der Waals surface area contributed by atoms with Crippen molar-refractivity contribution in [3.05, 3.63) is 228 Å². The van der Waals surface area contributed by atoms with Crippen molar-refractivity contribution in [1.82, 2.24) is 9.55 Å². The van der Waals surface area contributed by atoms with E-state index in [1.54, 1.807) is 6.08 Å². The fourth-order valence-electron chi connectivity index (χ4n) is 9.81. The maximum absolute atomic E-state index is 5.07. The number of hydrogen-bond acceptors (Lipinski definition) is 1. The number of aromatic nitrogens is 2. The van der Waals surface area contributed by atoms with Gasteiger partial charge >= 0.3 is 0 Å². The monoisotopic (exact) mass is 746 g/mol. The van der Waals surface area contributed by atoms with Crippen LogP contribution in [-0.4, -0.2) is 9.55 Å². The third kappa shape index (κ3) is 5.91. The number of nitrogens with zero attached hydrogens (tertiary/aromatic N) is 2. The molecule has 3 heterocycles. The first kappa shape index (κ1) is 35.6. The molecule has 5 aromatic carbocycles. The Morgan fingerprint density at radius 3 is 2.17 bits per heavy atom. The van der Waals surface area contributed by atoms with Crippen molar-refractivity contribution >= 4 is 28.2 Å². The Balaban J connectivity index is 1.08. The van der Waals surface area contributed by atoms with E-state index in [4.69, 9.17) is 4.98 Å². The predicted molar refractivity (Wildman–Crippen MR) is 245 cm³/mol. The zero-order valence-corrected chi connectivity index (χ0v) is 33.0. The van der Waals surface area contributed by atoms with Gasteiger partial charge in [-0.25, -0.2) is 0 Å². The van der Waals surface area contributed by atoms with Gasteiger partial charge in [0, 0.05) is 46.4 Å². The van der Waals surface area contributed by atoms with Gasteiger partial charge in [-0.2, -0.15) is 0 Å². The van der Waals surface area contributed by atoms with Gasteiger partial charge < -0.3 is 4.57 Å². The van der Waals surface area contributed by atoms with Crippen LogP contribution in [0, 0.1) is 0 Å². The molecule has 0 amide bonds. The molecule has 0 atom stereocenters. The Labute approximate surface area is 342 Å². The Morgan fingerprint density at radius 1 is 0.707 bits per heavy atom. The molecule has 0 N–H and O–H groups in total. The van der Waals surface area contributed by atoms with Gasteiger partial charge in [-0.15, -0.1) is 0 Å². The van der Waals surface area contributed by atoms with Gasteiger partial charge in [-0.05, 0) is 93.6 Å². The summed E-state index contributed by atoms with van der Waals surface area (Å²) in [6.45, 7) is 6.07. The van der Waals surface area contributed by atoms with Crippen LogP contribution in [0.25, 0.3) is 61.8 Å². The van der Waals surface area contributed by atoms with Crippen molar-refractivity contribution < 1.29 is 0 Å². The molecule has 1 aliphatic heterocycles. The smallest absolute Gasteiger partial charge is 0.0711 e. The molecule has 7 aromatic rings. The topological polar surface area (TPSA) is 17.8 Å². The lowest BCUT2D eigenvalue weighted by atomic mass is 9.65. The van der Waals surface area contributed by atoms with Crippen LogP contribution < -0.4 is 0 Å². The summed E-state index contributed by atoms with van der Waals surface area (Å²) in [6.07, 6.45) is 22.2. The average Bonchev–Trinajstić information content (AvgIpc) is 3.75. The number of allylic oxidation sites excluding steroid dienone is 10. The van der Waals surface area contributed by atoms with E-state index < -0.39 is 0 Å². The van der Waals surface area contributed by atoms with E-state index >= 15 is 0 Å². The van der Waals surface area contributed by atoms with Crippen molar-refractivity contribution in [3.8, 4) is 33.5 Å². The molecule has 0 saturated heterocycles. The lowest BCUT2D eigenvalue weighted by Gasteiger charge is -2.42. The quantitative estimate of drug-likeness (QED) is 0.135. The van der Waals surface area contributed by atoms with Crippen molar-refractivity contribution in [2.75, 3.05) is 0 Å². The Kier molecular flexibility index (Phi) is 9.19. The maximum Gasteiger partial charge on any atom is 0.0711 e. The van der Waals surface area contributed by atoms with E-state index in [0.717, 1.165) is 49.1 Å². The lowest BCUT2D eigenvalue weighted by Crippen LogP contribution is -2.38. The lowest BCUT2D eigenvalue weighted by molar-refractivity contribution is 0.579. The van der Waals surface area contributed by atoms with Crippen molar-refractivity contribution in [3.63, 3.8) is 0 Å². The molecule has 0 saturated carbocycles. The maximum atomic E-state index is 5.07. The molecule has 3 aliphatic rings. The summed E-state index contributed by atoms with van der Waals surface area (Å²) >= 11 is 0. The molecule has 0 fully saturated rings. The van der Waals surface area contributed by atoms with Gasteiger partial charge in [0.05, 0.1) is 16.6 Å². The van der Waals surface area contributed by atoms with Gasteiger partial charge in [0.25, 0.3) is 0 Å². The van der Waals surface area contributed by atoms with Gasteiger partial charge in [0.2, 0.25) is 0 Å². The minimum absolute atomic E-state index is 0.236. The Morgan fingerprint density at radius 2 is 1.41 bits per heavy atom. The Bertz CT molecular complexity index is 2830. The number of fused-ring (bicyclic) bond motifs is 11. The minimum Gasteiger partial charge on any atom is -0.313 e. The second-order valence-electron chi connectivity index (χ2n) is 15.6. The summed E-state index contributed by atoms with van der Waals surface area (Å²) in [5, 5.41) is 1.31. The highest BCUT2D eigenvalue weighted by Crippen LogP contribution is 2.60. The first-order valence-electron chi connectivity index (χ1n) is 20.7. The van der Waals surface area contributed by atoms with Gasteiger partial charge in [0.1, 0.15) is 0 Å². The van der Waals surface area contributed by atoms with Crippen molar-refractivity contribution in [2.45, 2.75) is 44.4 Å². The minimum atomic E-state index is -0.236. The molecule has 1 spiro atoms. The summed E-state index contributed by atoms with van der Waals surface area (Å²) in [7, 11) is 0. The number of para-hydroxylation sites is 1. The third-order valence-corrected chi connectivity index (χ3v) is 12.4. The third-order valence-electron chi connectivity index (χ3n) is 12.4. The Hall–Kier alpha value is -6.77. The first-order chi connectivity index (χ1) is 28.7. The van der Waals surface area contributed by atoms with Crippen LogP contribution in [0.5, 0.6) is 0 Å². The molecule has 280 valence electrons. The second kappa shape index (κ2) is 15.0. The summed E-state index contributed by atoms with van der Waals surface area (Å²) in [5.74, 6) is 0. The molecule has 2 aliphatic carbocycles. The molecule has 2 aromatic heterocycles. The van der Waals surface area contributed by atoms with Gasteiger partial charge in [0.15, 0.2) is 0 Å². The van der Waals surface area contributed by atoms with E-state index in [1.807, 2.05) is 12.2 Å². The molecule has 0 unspecified atom stereocenters. The molecular formula is C56H46N2. The summed E-state index contributed by atoms with van der Waals surface area (Å²) in [5.41, 5.74) is 20.3. The van der Waals surface area contributed by atoms with Crippen LogP contribution in [0.2, 0.25) is 0 Å². The van der Waals surface area contributed by atoms with Crippen LogP contribution >= 0.6 is 0 Å². The second-order valence-corrected chi connectivity index (χ2v) is 15.6. The van der Waals surface area contributed by atoms with E-state index in [0.29, 0.717) is 0 Å². The molecule has 10 rings (SSSR count). The molecule has 0 bridgehead atoms. The fourth-order valence-corrected chi connectivity index (χ4v) is 9.81. The SMILES string of the molecule is C=C/C=C\C=C/Cc1cc(-c2ccc(/C(=C/c3c4n(c5ccccc35)C3=CCCC=C3C3(C4)c4ccccc4-c4ccccc43)CC)cc2)cc(-c2ccccc2)n1. The van der Waals surface area contributed by atoms with E-state index in [-0.39, 0.29) is 5.41 Å². The molecule has 0 radical (unpaired) electrons. The molecule has 2 heteroatoms. The zero-order chi connectivity index (χ0) is 39.1. The zero-order valence-electron chi connectivity index (χ0n) is 33.0. The normalized spacial score (nSPS) is 15.3. The standard InChI is InChI=1S/C56H46N2/c1-3-5-6-7-11-22-44-35-43(37-52(57-44)42-20-9-8-10-21-42)41-33-31-40(32-34-41)39(4-2)36-48-47-25-14-18-29-53(47)58-54-30-19-17-28-51(54)56(38-55(48)58)49-26-15-12-23-45(49)46-24-13-16-27-50(46)56/h3,5-16,18,20-21,23-37H,1,4,17,19,22,38H2,2H3/b6-5-,11-7-,39-36+. The van der Waals surface area contributed by atoms with Crippen molar-refractivity contribution in [2.24, 2.45) is 0 Å². The first-order valence-corrected chi connectivity index (χ1v) is 20.7. The largest absolute Gasteiger partial charge is 0.313 e. The van der Waals surface area contributed by atoms with Gasteiger partial charge in [-0.3, -0.25) is 4.98 Å². The molecule has 2 nitrogen and oxygen atoms in total. The number of benzene rings is 5. The van der Waals surface area contributed by atoms with Crippen LogP contribution in [0.3, 0.4) is 0 Å². The highest BCUT2D eigenvalue weighted by Gasteiger charge is 2.51. The van der Waals surface area contributed by atoms with Crippen LogP contribution in [0.1, 0.15) is 59.8 Å². The highest BCUT2D eigenvalue weighted by molar-refractivity contribution is 6.01. The fraction of sp³-hybridized carbons (Fsp3) is 0.125. The van der Waals surface area contributed by atoms with E-state index in [9.17, 15) is 0 Å². The molecule has 58 heavy (non-hydrogen) atoms. The highest BCUT2D eigenvalue weighted by atomic mass is 15.0. The van der Waals surface area contributed by atoms with Crippen LogP contribution in [0.15, 0.2) is 194 Å². The summed E-state index contributed by atoms with van der Waals surface area (Å²) in [6, 6.07) is 51.5. The number of pyridine rings is 1. The summed E-state index contributed by atoms with van der Waals surface area (Å²) in [4.78, 5) is 5.07. The van der Waals surface area contributed by atoms with E-state index in [2.05, 4.69) is 188 Å². The van der Waals surface area contributed by atoms with Gasteiger partial charge in [-0.1, -0.05) is 177 Å². The van der Waals surface area contributed by atoms with E-state index in [1.165, 1.54) is 77.9 Å². The summed E-state index contributed by atoms with van der Waals surface area (Å²) < 4.78 is 2.60. The van der Waals surface area contributed by atoms with Crippen molar-refractivity contribution in [1.29, 1.82) is 0 Å². The van der Waals surface area contributed by atoms with Crippen LogP contribution in [0.4, 0.5) is 0 Å². The average molecular weight is 747 g/mol. The predicted octanol–water partition coefficient (Wildman–Crippen LogP) is 14.2. The molecular weight excluding hydrogens is 701 g/mol. The number of rotatable bonds is 9. The van der Waals surface area contributed by atoms with Crippen LogP contribution in [-0.2, 0) is 18.3 Å².